The largest absolute Gasteiger partial charge is 0.425 e. The van der Waals surface area contributed by atoms with Crippen LogP contribution in [0.2, 0.25) is 0 Å². The van der Waals surface area contributed by atoms with Crippen LogP contribution in [0.4, 0.5) is 0 Å². The topological polar surface area (TPSA) is 51.2 Å². The molecule has 1 radical (unpaired) electrons. The molecule has 5 heavy (non-hydrogen) atoms. The summed E-state index contributed by atoms with van der Waals surface area (Å²) < 4.78 is 25.3. The van der Waals surface area contributed by atoms with Crippen molar-refractivity contribution in [3.8, 4) is 0 Å². The Kier molecular flexibility index (Phi) is 8.46. The van der Waals surface area contributed by atoms with Gasteiger partial charge in [-0.2, -0.15) is 0 Å². The zero-order valence-corrected chi connectivity index (χ0v) is 5.45. The quantitative estimate of drug-likeness (QED) is 0.355. The van der Waals surface area contributed by atoms with E-state index in [1.54, 1.807) is 0 Å². The minimum atomic E-state index is -3.11. The van der Waals surface area contributed by atoms with E-state index in [2.05, 4.69) is 0 Å². The van der Waals surface area contributed by atoms with Crippen molar-refractivity contribution in [1.29, 1.82) is 0 Å². The van der Waals surface area contributed by atoms with Gasteiger partial charge in [0.25, 0.3) is 0 Å². The second kappa shape index (κ2) is 4.62. The molecule has 5 heteroatoms. The van der Waals surface area contributed by atoms with Gasteiger partial charge < -0.3 is 0 Å². The van der Waals surface area contributed by atoms with Crippen LogP contribution < -0.4 is 0 Å². The van der Waals surface area contributed by atoms with Crippen molar-refractivity contribution in [1.82, 2.24) is 0 Å². The molecule has 0 saturated carbocycles. The van der Waals surface area contributed by atoms with Gasteiger partial charge in [-0.15, -0.1) is 12.6 Å². The van der Waals surface area contributed by atoms with Crippen LogP contribution in [0.3, 0.4) is 0 Å². The summed E-state index contributed by atoms with van der Waals surface area (Å²) in [5, 5.41) is 0. The fourth-order valence-electron chi connectivity index (χ4n) is 0. The molecule has 0 rings (SSSR count). The third kappa shape index (κ3) is 82.5. The van der Waals surface area contributed by atoms with Crippen molar-refractivity contribution < 1.29 is 12.6 Å². The minimum Gasteiger partial charge on any atom is -0.142 e. The van der Waals surface area contributed by atoms with Gasteiger partial charge in [0, 0.05) is 29.6 Å². The molecule has 0 unspecified atom stereocenters. The molecule has 0 fully saturated rings. The molecule has 0 aliphatic heterocycles. The van der Waals surface area contributed by atoms with Crippen LogP contribution in [0.15, 0.2) is 0 Å². The summed E-state index contributed by atoms with van der Waals surface area (Å²) >= 11 is 0. The smallest absolute Gasteiger partial charge is 0.142 e. The first-order valence-electron chi connectivity index (χ1n) is 0.500. The predicted octanol–water partition coefficient (Wildman–Crippen LogP) is -1.38. The van der Waals surface area contributed by atoms with Gasteiger partial charge in [0.1, 0.15) is 0 Å². The fraction of sp³-hybridized carbons (Fsp3) is 0. The Balaban J connectivity index is 0. The van der Waals surface area contributed by atoms with Gasteiger partial charge in [-0.1, -0.05) is 0 Å². The van der Waals surface area contributed by atoms with E-state index in [4.69, 9.17) is 12.6 Å². The maximum Gasteiger partial charge on any atom is 0.425 e. The van der Waals surface area contributed by atoms with E-state index in [0.717, 1.165) is 0 Å². The molecule has 0 aliphatic carbocycles. The van der Waals surface area contributed by atoms with Gasteiger partial charge in [0.2, 0.25) is 0 Å². The Bertz CT molecular complexity index is 76.3. The molecular formula is NaO3S. The van der Waals surface area contributed by atoms with Crippen molar-refractivity contribution in [2.45, 2.75) is 0 Å². The Morgan fingerprint density at radius 1 is 1.00 bits per heavy atom. The number of hydrogen-bond acceptors (Lipinski definition) is 3. The molecule has 25 valence electrons. The van der Waals surface area contributed by atoms with E-state index in [0.29, 0.717) is 0 Å². The van der Waals surface area contributed by atoms with E-state index in [-0.39, 0.29) is 29.6 Å². The summed E-state index contributed by atoms with van der Waals surface area (Å²) in [6.45, 7) is 0. The molecule has 0 aromatic heterocycles. The monoisotopic (exact) mass is 103 g/mol. The average molecular weight is 103 g/mol. The van der Waals surface area contributed by atoms with Crippen LogP contribution in [0.1, 0.15) is 0 Å². The van der Waals surface area contributed by atoms with Crippen molar-refractivity contribution in [3.05, 3.63) is 0 Å². The fourth-order valence-corrected chi connectivity index (χ4v) is 0. The Hall–Kier alpha value is 0.620. The summed E-state index contributed by atoms with van der Waals surface area (Å²) in [5.41, 5.74) is 0. The van der Waals surface area contributed by atoms with Gasteiger partial charge in [0.15, 0.2) is 0 Å². The molecule has 0 amide bonds. The SMILES string of the molecule is O=S(=O)=O.[Na]. The van der Waals surface area contributed by atoms with Gasteiger partial charge in [0.05, 0.1) is 0 Å². The maximum atomic E-state index is 8.44. The van der Waals surface area contributed by atoms with E-state index >= 15 is 0 Å². The van der Waals surface area contributed by atoms with Crippen molar-refractivity contribution >= 4 is 40.2 Å². The van der Waals surface area contributed by atoms with Crippen LogP contribution >= 0.6 is 0 Å². The van der Waals surface area contributed by atoms with Crippen LogP contribution in [-0.4, -0.2) is 42.2 Å². The predicted molar refractivity (Wildman–Crippen MR) is 15.5 cm³/mol. The zero-order chi connectivity index (χ0) is 3.58. The van der Waals surface area contributed by atoms with Crippen LogP contribution in [-0.2, 0) is 10.6 Å². The molecule has 0 heterocycles. The molecule has 0 aromatic rings. The normalized spacial score (nSPS) is 4.80. The number of rotatable bonds is 0. The second-order valence-corrected chi connectivity index (χ2v) is 0.612. The molecule has 0 N–H and O–H groups in total. The summed E-state index contributed by atoms with van der Waals surface area (Å²) in [6, 6.07) is 0. The Morgan fingerprint density at radius 3 is 1.00 bits per heavy atom. The van der Waals surface area contributed by atoms with Crippen molar-refractivity contribution in [2.75, 3.05) is 0 Å². The summed E-state index contributed by atoms with van der Waals surface area (Å²) in [7, 11) is -3.11. The van der Waals surface area contributed by atoms with Crippen LogP contribution in [0, 0.1) is 0 Å². The first-order chi connectivity index (χ1) is 1.73. The van der Waals surface area contributed by atoms with E-state index in [1.165, 1.54) is 0 Å². The Labute approximate surface area is 52.7 Å². The van der Waals surface area contributed by atoms with Crippen LogP contribution in [0.25, 0.3) is 0 Å². The van der Waals surface area contributed by atoms with Crippen molar-refractivity contribution in [2.24, 2.45) is 0 Å². The summed E-state index contributed by atoms with van der Waals surface area (Å²) in [5.74, 6) is 0. The van der Waals surface area contributed by atoms with Gasteiger partial charge in [-0.25, -0.2) is 0 Å². The van der Waals surface area contributed by atoms with Gasteiger partial charge in [-0.05, 0) is 0 Å². The summed E-state index contributed by atoms with van der Waals surface area (Å²) in [4.78, 5) is 0. The molecule has 0 atom stereocenters. The van der Waals surface area contributed by atoms with Gasteiger partial charge >= 0.3 is 10.6 Å². The molecule has 3 nitrogen and oxygen atoms in total. The summed E-state index contributed by atoms with van der Waals surface area (Å²) in [6.07, 6.45) is 0. The Morgan fingerprint density at radius 2 is 1.00 bits per heavy atom. The minimum absolute atomic E-state index is 0. The third-order valence-corrected chi connectivity index (χ3v) is 0. The molecule has 0 aliphatic rings. The van der Waals surface area contributed by atoms with E-state index in [9.17, 15) is 0 Å². The number of hydrogen-bond donors (Lipinski definition) is 0. The molecule has 0 aromatic carbocycles. The third-order valence-electron chi connectivity index (χ3n) is 0. The van der Waals surface area contributed by atoms with Crippen molar-refractivity contribution in [3.63, 3.8) is 0 Å². The average Bonchev–Trinajstić information content (AvgIpc) is 0.811. The first-order valence-corrected chi connectivity index (χ1v) is 1.50. The molecule has 0 spiro atoms. The van der Waals surface area contributed by atoms with E-state index in [1.807, 2.05) is 0 Å². The zero-order valence-electron chi connectivity index (χ0n) is 2.63. The van der Waals surface area contributed by atoms with Gasteiger partial charge in [-0.3, -0.25) is 0 Å². The standard InChI is InChI=1S/Na.O3S/c;1-4(2)3. The second-order valence-electron chi connectivity index (χ2n) is 0.204. The molecule has 0 saturated heterocycles. The first kappa shape index (κ1) is 9.15. The molecule has 0 bridgehead atoms. The molecular weight excluding hydrogens is 103 g/mol. The van der Waals surface area contributed by atoms with Crippen LogP contribution in [0.5, 0.6) is 0 Å². The maximum absolute atomic E-state index is 8.44. The van der Waals surface area contributed by atoms with E-state index < -0.39 is 10.6 Å².